The summed E-state index contributed by atoms with van der Waals surface area (Å²) in [7, 11) is -0.704. The Morgan fingerprint density at radius 1 is 1.31 bits per heavy atom. The van der Waals surface area contributed by atoms with Crippen molar-refractivity contribution in [3.05, 3.63) is 23.8 Å². The van der Waals surface area contributed by atoms with Crippen LogP contribution in [0.15, 0.2) is 18.2 Å². The SMILES string of the molecule is O=S1CCNC(c2ccc3c(c2)OCO3)C1. The summed E-state index contributed by atoms with van der Waals surface area (Å²) in [4.78, 5) is 0. The van der Waals surface area contributed by atoms with Crippen LogP contribution in [0, 0.1) is 0 Å². The highest BCUT2D eigenvalue weighted by atomic mass is 32.2. The molecule has 1 aromatic carbocycles. The Bertz CT molecular complexity index is 435. The molecule has 0 aromatic heterocycles. The van der Waals surface area contributed by atoms with E-state index in [1.54, 1.807) is 0 Å². The first-order valence-electron chi connectivity index (χ1n) is 5.31. The van der Waals surface area contributed by atoms with Crippen molar-refractivity contribution in [2.75, 3.05) is 24.8 Å². The van der Waals surface area contributed by atoms with Crippen molar-refractivity contribution in [2.24, 2.45) is 0 Å². The Kier molecular flexibility index (Phi) is 2.57. The fraction of sp³-hybridized carbons (Fsp3) is 0.455. The summed E-state index contributed by atoms with van der Waals surface area (Å²) in [6.07, 6.45) is 0. The minimum Gasteiger partial charge on any atom is -0.454 e. The lowest BCUT2D eigenvalue weighted by Crippen LogP contribution is -2.36. The van der Waals surface area contributed by atoms with E-state index >= 15 is 0 Å². The molecule has 0 spiro atoms. The van der Waals surface area contributed by atoms with Gasteiger partial charge in [-0.2, -0.15) is 0 Å². The summed E-state index contributed by atoms with van der Waals surface area (Å²) in [6, 6.07) is 6.07. The molecule has 4 nitrogen and oxygen atoms in total. The molecule has 2 heterocycles. The second-order valence-corrected chi connectivity index (χ2v) is 5.55. The first kappa shape index (κ1) is 10.1. The largest absolute Gasteiger partial charge is 0.454 e. The lowest BCUT2D eigenvalue weighted by atomic mass is 10.1. The van der Waals surface area contributed by atoms with Crippen LogP contribution in [0.4, 0.5) is 0 Å². The minimum absolute atomic E-state index is 0.170. The fourth-order valence-corrected chi connectivity index (χ4v) is 3.21. The quantitative estimate of drug-likeness (QED) is 0.788. The van der Waals surface area contributed by atoms with Crippen molar-refractivity contribution in [1.82, 2.24) is 5.32 Å². The maximum absolute atomic E-state index is 11.5. The summed E-state index contributed by atoms with van der Waals surface area (Å²) >= 11 is 0. The van der Waals surface area contributed by atoms with E-state index in [9.17, 15) is 4.21 Å². The summed E-state index contributed by atoms with van der Waals surface area (Å²) in [5, 5.41) is 3.37. The van der Waals surface area contributed by atoms with Crippen LogP contribution in [0.5, 0.6) is 11.5 Å². The van der Waals surface area contributed by atoms with Gasteiger partial charge in [-0.15, -0.1) is 0 Å². The van der Waals surface area contributed by atoms with Gasteiger partial charge in [0.1, 0.15) is 0 Å². The predicted octanol–water partition coefficient (Wildman–Crippen LogP) is 0.808. The minimum atomic E-state index is -0.704. The van der Waals surface area contributed by atoms with Crippen LogP contribution in [-0.2, 0) is 10.8 Å². The highest BCUT2D eigenvalue weighted by Crippen LogP contribution is 2.34. The van der Waals surface area contributed by atoms with Crippen LogP contribution in [0.2, 0.25) is 0 Å². The van der Waals surface area contributed by atoms with E-state index in [1.165, 1.54) is 0 Å². The monoisotopic (exact) mass is 239 g/mol. The van der Waals surface area contributed by atoms with Crippen LogP contribution in [0.1, 0.15) is 11.6 Å². The molecule has 0 amide bonds. The second-order valence-electron chi connectivity index (χ2n) is 3.93. The Hall–Kier alpha value is -1.07. The van der Waals surface area contributed by atoms with Gasteiger partial charge in [-0.3, -0.25) is 4.21 Å². The maximum Gasteiger partial charge on any atom is 0.231 e. The van der Waals surface area contributed by atoms with Gasteiger partial charge in [0, 0.05) is 34.9 Å². The molecule has 5 heteroatoms. The topological polar surface area (TPSA) is 47.6 Å². The van der Waals surface area contributed by atoms with Gasteiger partial charge < -0.3 is 14.8 Å². The molecule has 3 rings (SSSR count). The third kappa shape index (κ3) is 1.81. The van der Waals surface area contributed by atoms with Crippen LogP contribution in [0.25, 0.3) is 0 Å². The molecule has 1 saturated heterocycles. The van der Waals surface area contributed by atoms with Crippen molar-refractivity contribution in [1.29, 1.82) is 0 Å². The predicted molar refractivity (Wildman–Crippen MR) is 61.2 cm³/mol. The molecule has 1 aromatic rings. The number of benzene rings is 1. The van der Waals surface area contributed by atoms with Crippen molar-refractivity contribution < 1.29 is 13.7 Å². The second kappa shape index (κ2) is 4.07. The molecule has 1 fully saturated rings. The highest BCUT2D eigenvalue weighted by Gasteiger charge is 2.22. The summed E-state index contributed by atoms with van der Waals surface area (Å²) < 4.78 is 22.1. The third-order valence-electron chi connectivity index (χ3n) is 2.87. The zero-order valence-corrected chi connectivity index (χ0v) is 9.59. The number of rotatable bonds is 1. The van der Waals surface area contributed by atoms with Crippen LogP contribution in [0.3, 0.4) is 0 Å². The molecule has 0 aliphatic carbocycles. The van der Waals surface area contributed by atoms with Crippen LogP contribution < -0.4 is 14.8 Å². The van der Waals surface area contributed by atoms with E-state index in [2.05, 4.69) is 5.32 Å². The first-order valence-corrected chi connectivity index (χ1v) is 6.79. The molecule has 2 unspecified atom stereocenters. The maximum atomic E-state index is 11.5. The van der Waals surface area contributed by atoms with E-state index in [1.807, 2.05) is 18.2 Å². The van der Waals surface area contributed by atoms with Gasteiger partial charge in [0.2, 0.25) is 6.79 Å². The molecule has 2 aliphatic heterocycles. The zero-order chi connectivity index (χ0) is 11.0. The molecule has 0 saturated carbocycles. The molecular weight excluding hydrogens is 226 g/mol. The average molecular weight is 239 g/mol. The number of fused-ring (bicyclic) bond motifs is 1. The number of hydrogen-bond donors (Lipinski definition) is 1. The molecule has 16 heavy (non-hydrogen) atoms. The summed E-state index contributed by atoms with van der Waals surface area (Å²) in [5.74, 6) is 3.01. The van der Waals surface area contributed by atoms with Crippen molar-refractivity contribution in [3.8, 4) is 11.5 Å². The van der Waals surface area contributed by atoms with Gasteiger partial charge in [-0.1, -0.05) is 6.07 Å². The molecule has 0 bridgehead atoms. The fourth-order valence-electron chi connectivity index (χ4n) is 2.02. The standard InChI is InChI=1S/C11H13NO3S/c13-16-4-3-12-9(6-16)8-1-2-10-11(5-8)15-7-14-10/h1-2,5,9,12H,3-4,6-7H2. The Morgan fingerprint density at radius 3 is 3.06 bits per heavy atom. The molecule has 2 atom stereocenters. The van der Waals surface area contributed by atoms with Gasteiger partial charge in [-0.25, -0.2) is 0 Å². The van der Waals surface area contributed by atoms with E-state index in [0.29, 0.717) is 12.5 Å². The van der Waals surface area contributed by atoms with Gasteiger partial charge in [-0.05, 0) is 17.7 Å². The lowest BCUT2D eigenvalue weighted by molar-refractivity contribution is 0.174. The molecular formula is C11H13NO3S. The Labute approximate surface area is 96.4 Å². The highest BCUT2D eigenvalue weighted by molar-refractivity contribution is 7.85. The van der Waals surface area contributed by atoms with Gasteiger partial charge in [0.15, 0.2) is 11.5 Å². The van der Waals surface area contributed by atoms with E-state index in [0.717, 1.165) is 29.4 Å². The van der Waals surface area contributed by atoms with Crippen LogP contribution in [-0.4, -0.2) is 29.1 Å². The number of nitrogens with one attached hydrogen (secondary N) is 1. The first-order chi connectivity index (χ1) is 7.83. The Balaban J connectivity index is 1.86. The number of ether oxygens (including phenoxy) is 2. The van der Waals surface area contributed by atoms with Gasteiger partial charge >= 0.3 is 0 Å². The van der Waals surface area contributed by atoms with Crippen molar-refractivity contribution in [3.63, 3.8) is 0 Å². The van der Waals surface area contributed by atoms with E-state index in [4.69, 9.17) is 9.47 Å². The lowest BCUT2D eigenvalue weighted by Gasteiger charge is -2.23. The normalized spacial score (nSPS) is 28.0. The van der Waals surface area contributed by atoms with Crippen LogP contribution >= 0.6 is 0 Å². The van der Waals surface area contributed by atoms with E-state index < -0.39 is 10.8 Å². The van der Waals surface area contributed by atoms with Gasteiger partial charge in [0.05, 0.1) is 0 Å². The summed E-state index contributed by atoms with van der Waals surface area (Å²) in [5.41, 5.74) is 1.12. The Morgan fingerprint density at radius 2 is 2.19 bits per heavy atom. The molecule has 86 valence electrons. The molecule has 2 aliphatic rings. The van der Waals surface area contributed by atoms with Crippen molar-refractivity contribution >= 4 is 10.8 Å². The molecule has 0 radical (unpaired) electrons. The molecule has 1 N–H and O–H groups in total. The smallest absolute Gasteiger partial charge is 0.231 e. The zero-order valence-electron chi connectivity index (χ0n) is 8.77. The number of hydrogen-bond acceptors (Lipinski definition) is 4. The average Bonchev–Trinajstić information content (AvgIpc) is 2.75. The van der Waals surface area contributed by atoms with E-state index in [-0.39, 0.29) is 6.04 Å². The van der Waals surface area contributed by atoms with Gasteiger partial charge in [0.25, 0.3) is 0 Å². The van der Waals surface area contributed by atoms with Crippen molar-refractivity contribution in [2.45, 2.75) is 6.04 Å². The summed E-state index contributed by atoms with van der Waals surface area (Å²) in [6.45, 7) is 1.11. The third-order valence-corrected chi connectivity index (χ3v) is 4.24.